The van der Waals surface area contributed by atoms with Gasteiger partial charge < -0.3 is 28.4 Å². The molecular formula is C34H32F6O10. The Balaban J connectivity index is 1.81. The maximum absolute atomic E-state index is 14.4. The number of aryl methyl sites for hydroxylation is 1. The number of esters is 3. The molecule has 0 aromatic heterocycles. The van der Waals surface area contributed by atoms with E-state index in [9.17, 15) is 45.5 Å². The van der Waals surface area contributed by atoms with E-state index < -0.39 is 88.8 Å². The molecule has 3 atom stereocenters. The first-order valence-corrected chi connectivity index (χ1v) is 14.5. The maximum atomic E-state index is 14.4. The summed E-state index contributed by atoms with van der Waals surface area (Å²) in [6, 6.07) is 14.1. The molecule has 270 valence electrons. The molecule has 0 saturated heterocycles. The quantitative estimate of drug-likeness (QED) is 0.109. The Labute approximate surface area is 282 Å². The molecule has 10 nitrogen and oxygen atoms in total. The van der Waals surface area contributed by atoms with Crippen molar-refractivity contribution in [2.45, 2.75) is 49.9 Å². The minimum Gasteiger partial charge on any atom is -0.497 e. The van der Waals surface area contributed by atoms with E-state index in [1.165, 1.54) is 56.5 Å². The third-order valence-electron chi connectivity index (χ3n) is 7.45. The second-order valence-corrected chi connectivity index (χ2v) is 10.7. The van der Waals surface area contributed by atoms with E-state index in [0.29, 0.717) is 14.2 Å². The average molecular weight is 715 g/mol. The first-order valence-electron chi connectivity index (χ1n) is 14.5. The zero-order chi connectivity index (χ0) is 37.5. The van der Waals surface area contributed by atoms with Gasteiger partial charge in [0.25, 0.3) is 11.2 Å². The summed E-state index contributed by atoms with van der Waals surface area (Å²) in [6.07, 6.45) is -12.8. The number of carbonyl (C=O) groups excluding carboxylic acids is 4. The Morgan fingerprint density at radius 2 is 1.20 bits per heavy atom. The van der Waals surface area contributed by atoms with Crippen LogP contribution in [0.4, 0.5) is 26.3 Å². The molecule has 3 rings (SSSR count). The summed E-state index contributed by atoms with van der Waals surface area (Å²) in [5.41, 5.74) is -8.87. The molecule has 0 aliphatic rings. The monoisotopic (exact) mass is 714 g/mol. The molecule has 0 N–H and O–H groups in total. The minimum absolute atomic E-state index is 0.00519. The lowest BCUT2D eigenvalue weighted by Gasteiger charge is -2.33. The summed E-state index contributed by atoms with van der Waals surface area (Å²) in [5, 5.41) is 0. The standard InChI is InChI=1S/C34H32F6O10/c1-20-16-25(45-3)18-26(50-30(44)32(47-5,34(38,39)40)23-14-10-7-11-15-23)27(20)28(42)48-19-24(41)17-21(2)49-29(43)31(46-4,33(35,36)37)22-12-8-6-9-13-22/h6-16,18,21H,17,19H2,1-5H3/t21-,31-,32-/m0/s1. The smallest absolute Gasteiger partial charge is 0.432 e. The van der Waals surface area contributed by atoms with Gasteiger partial charge in [0.2, 0.25) is 0 Å². The summed E-state index contributed by atoms with van der Waals surface area (Å²) in [7, 11) is 2.52. The van der Waals surface area contributed by atoms with Gasteiger partial charge in [0, 0.05) is 37.8 Å². The summed E-state index contributed by atoms with van der Waals surface area (Å²) in [6.45, 7) is 1.43. The zero-order valence-corrected chi connectivity index (χ0v) is 27.3. The molecular weight excluding hydrogens is 682 g/mol. The van der Waals surface area contributed by atoms with Crippen molar-refractivity contribution < 1.29 is 73.9 Å². The molecule has 3 aromatic carbocycles. The Bertz CT molecular complexity index is 1680. The van der Waals surface area contributed by atoms with Gasteiger partial charge in [-0.3, -0.25) is 4.79 Å². The van der Waals surface area contributed by atoms with Gasteiger partial charge in [0.05, 0.1) is 7.11 Å². The van der Waals surface area contributed by atoms with E-state index in [0.717, 1.165) is 37.3 Å². The van der Waals surface area contributed by atoms with Crippen molar-refractivity contribution in [2.24, 2.45) is 0 Å². The minimum atomic E-state index is -5.34. The number of Topliss-reactive ketones (excluding diaryl/α,β-unsaturated/α-hetero) is 1. The predicted molar refractivity (Wildman–Crippen MR) is 161 cm³/mol. The van der Waals surface area contributed by atoms with Crippen molar-refractivity contribution in [3.8, 4) is 11.5 Å². The lowest BCUT2D eigenvalue weighted by Crippen LogP contribution is -2.52. The highest BCUT2D eigenvalue weighted by atomic mass is 19.4. The number of benzene rings is 3. The number of alkyl halides is 6. The number of methoxy groups -OCH3 is 3. The van der Waals surface area contributed by atoms with Crippen molar-refractivity contribution in [1.82, 2.24) is 0 Å². The molecule has 0 saturated carbocycles. The Morgan fingerprint density at radius 3 is 1.64 bits per heavy atom. The fourth-order valence-corrected chi connectivity index (χ4v) is 5.03. The molecule has 0 amide bonds. The number of ether oxygens (including phenoxy) is 6. The molecule has 0 unspecified atom stereocenters. The van der Waals surface area contributed by atoms with Gasteiger partial charge in [0.15, 0.2) is 5.78 Å². The summed E-state index contributed by atoms with van der Waals surface area (Å²) in [5.74, 6) is -6.80. The van der Waals surface area contributed by atoms with Gasteiger partial charge >= 0.3 is 30.3 Å². The molecule has 0 heterocycles. The maximum Gasteiger partial charge on any atom is 0.432 e. The summed E-state index contributed by atoms with van der Waals surface area (Å²) >= 11 is 0. The molecule has 0 fully saturated rings. The van der Waals surface area contributed by atoms with Gasteiger partial charge in [-0.05, 0) is 25.5 Å². The van der Waals surface area contributed by atoms with E-state index in [4.69, 9.17) is 23.7 Å². The van der Waals surface area contributed by atoms with Crippen LogP contribution in [0.15, 0.2) is 72.8 Å². The van der Waals surface area contributed by atoms with Crippen molar-refractivity contribution in [1.29, 1.82) is 0 Å². The molecule has 16 heteroatoms. The number of rotatable bonds is 14. The van der Waals surface area contributed by atoms with Crippen molar-refractivity contribution >= 4 is 23.7 Å². The van der Waals surface area contributed by atoms with Crippen LogP contribution in [0, 0.1) is 6.92 Å². The molecule has 50 heavy (non-hydrogen) atoms. The summed E-state index contributed by atoms with van der Waals surface area (Å²) in [4.78, 5) is 52.0. The topological polar surface area (TPSA) is 124 Å². The predicted octanol–water partition coefficient (Wildman–Crippen LogP) is 6.17. The van der Waals surface area contributed by atoms with Crippen LogP contribution in [0.1, 0.15) is 40.4 Å². The fraction of sp³-hybridized carbons (Fsp3) is 0.353. The van der Waals surface area contributed by atoms with Crippen LogP contribution in [-0.4, -0.2) is 70.1 Å². The largest absolute Gasteiger partial charge is 0.497 e. The van der Waals surface area contributed by atoms with Gasteiger partial charge in [-0.25, -0.2) is 14.4 Å². The number of carbonyl (C=O) groups is 4. The highest BCUT2D eigenvalue weighted by molar-refractivity contribution is 5.97. The molecule has 0 bridgehead atoms. The normalized spacial score (nSPS) is 14.8. The second kappa shape index (κ2) is 15.7. The van der Waals surface area contributed by atoms with Crippen LogP contribution in [0.5, 0.6) is 11.5 Å². The van der Waals surface area contributed by atoms with Crippen LogP contribution < -0.4 is 9.47 Å². The third-order valence-corrected chi connectivity index (χ3v) is 7.45. The number of hydrogen-bond acceptors (Lipinski definition) is 10. The van der Waals surface area contributed by atoms with Gasteiger partial charge in [-0.1, -0.05) is 60.7 Å². The van der Waals surface area contributed by atoms with Gasteiger partial charge in [-0.2, -0.15) is 26.3 Å². The fourth-order valence-electron chi connectivity index (χ4n) is 5.03. The molecule has 0 aliphatic carbocycles. The number of ketones is 1. The lowest BCUT2D eigenvalue weighted by molar-refractivity contribution is -0.278. The zero-order valence-electron chi connectivity index (χ0n) is 27.3. The van der Waals surface area contributed by atoms with Gasteiger partial charge in [0.1, 0.15) is 29.8 Å². The van der Waals surface area contributed by atoms with Gasteiger partial charge in [-0.15, -0.1) is 0 Å². The third kappa shape index (κ3) is 7.91. The Morgan fingerprint density at radius 1 is 0.720 bits per heavy atom. The van der Waals surface area contributed by atoms with Crippen LogP contribution in [0.25, 0.3) is 0 Å². The van der Waals surface area contributed by atoms with E-state index in [1.807, 2.05) is 0 Å². The van der Waals surface area contributed by atoms with Crippen molar-refractivity contribution in [3.05, 3.63) is 95.1 Å². The number of hydrogen-bond donors (Lipinski definition) is 0. The van der Waals surface area contributed by atoms with E-state index >= 15 is 0 Å². The first-order chi connectivity index (χ1) is 23.4. The van der Waals surface area contributed by atoms with Crippen LogP contribution in [0.2, 0.25) is 0 Å². The highest BCUT2D eigenvalue weighted by Crippen LogP contribution is 2.45. The highest BCUT2D eigenvalue weighted by Gasteiger charge is 2.65. The van der Waals surface area contributed by atoms with Crippen LogP contribution in [0.3, 0.4) is 0 Å². The van der Waals surface area contributed by atoms with Crippen molar-refractivity contribution in [2.75, 3.05) is 27.9 Å². The lowest BCUT2D eigenvalue weighted by atomic mass is 9.92. The first kappa shape index (κ1) is 39.5. The van der Waals surface area contributed by atoms with E-state index in [-0.39, 0.29) is 11.3 Å². The Hall–Kier alpha value is -4.96. The number of halogens is 6. The van der Waals surface area contributed by atoms with E-state index in [1.54, 1.807) is 0 Å². The van der Waals surface area contributed by atoms with Crippen molar-refractivity contribution in [3.63, 3.8) is 0 Å². The molecule has 0 spiro atoms. The SMILES string of the molecule is COc1cc(C)c(C(=O)OCC(=O)C[C@H](C)OC(=O)[C@@](OC)(c2ccccc2)C(F)(F)F)c(OC(=O)[C@@](OC)(c2ccccc2)C(F)(F)F)c1. The van der Waals surface area contributed by atoms with E-state index in [2.05, 4.69) is 4.74 Å². The summed E-state index contributed by atoms with van der Waals surface area (Å²) < 4.78 is 115. The van der Waals surface area contributed by atoms with Crippen LogP contribution in [-0.2, 0) is 44.5 Å². The molecule has 0 aliphatic heterocycles. The van der Waals surface area contributed by atoms with Crippen LogP contribution >= 0.6 is 0 Å². The Kier molecular flexibility index (Phi) is 12.4. The average Bonchev–Trinajstić information content (AvgIpc) is 3.04. The molecule has 0 radical (unpaired) electrons. The molecule has 3 aromatic rings. The second-order valence-electron chi connectivity index (χ2n) is 10.7.